The molecule has 1 saturated carbocycles. The minimum Gasteiger partial charge on any atom is -0.508 e. The molecule has 0 unspecified atom stereocenters. The molecule has 0 saturated heterocycles. The van der Waals surface area contributed by atoms with Crippen LogP contribution >= 0.6 is 11.8 Å². The summed E-state index contributed by atoms with van der Waals surface area (Å²) in [6, 6.07) is 4.51. The van der Waals surface area contributed by atoms with Gasteiger partial charge in [0.2, 0.25) is 0 Å². The first-order valence-corrected chi connectivity index (χ1v) is 7.36. The molecule has 2 aromatic rings. The number of rotatable bonds is 5. The predicted molar refractivity (Wildman–Crippen MR) is 75.4 cm³/mol. The molecule has 0 spiro atoms. The van der Waals surface area contributed by atoms with E-state index in [0.29, 0.717) is 16.5 Å². The molecule has 0 aliphatic heterocycles. The number of phenols is 2. The zero-order valence-corrected chi connectivity index (χ0v) is 11.7. The van der Waals surface area contributed by atoms with Crippen molar-refractivity contribution in [1.29, 1.82) is 0 Å². The van der Waals surface area contributed by atoms with Gasteiger partial charge in [-0.1, -0.05) is 11.8 Å². The van der Waals surface area contributed by atoms with E-state index in [4.69, 9.17) is 5.11 Å². The second kappa shape index (κ2) is 5.28. The minimum absolute atomic E-state index is 0.0331. The lowest BCUT2D eigenvalue weighted by molar-refractivity contribution is -0.133. The SMILES string of the molecule is O=C(O)CSc1nnc(-c2ccc(O)cc2O)n1C1CC1. The zero-order valence-electron chi connectivity index (χ0n) is 10.9. The largest absolute Gasteiger partial charge is 0.508 e. The highest BCUT2D eigenvalue weighted by Crippen LogP contribution is 2.42. The highest BCUT2D eigenvalue weighted by atomic mass is 32.2. The number of aromatic nitrogens is 3. The standard InChI is InChI=1S/C13H13N3O4S/c17-8-3-4-9(10(18)5-8)12-14-15-13(21-6-11(19)20)16(12)7-1-2-7/h3-5,7,17-18H,1-2,6H2,(H,19,20). The van der Waals surface area contributed by atoms with Crippen LogP contribution < -0.4 is 0 Å². The first-order chi connectivity index (χ1) is 10.1. The summed E-state index contributed by atoms with van der Waals surface area (Å²) in [6.45, 7) is 0. The Labute approximate surface area is 124 Å². The van der Waals surface area contributed by atoms with Crippen molar-refractivity contribution >= 4 is 17.7 Å². The number of carbonyl (C=O) groups is 1. The highest BCUT2D eigenvalue weighted by Gasteiger charge is 2.31. The maximum Gasteiger partial charge on any atom is 0.313 e. The number of hydrogen-bond donors (Lipinski definition) is 3. The third-order valence-electron chi connectivity index (χ3n) is 3.12. The second-order valence-corrected chi connectivity index (χ2v) is 5.73. The maximum atomic E-state index is 10.7. The third-order valence-corrected chi connectivity index (χ3v) is 4.05. The lowest BCUT2D eigenvalue weighted by Gasteiger charge is -2.09. The van der Waals surface area contributed by atoms with Crippen LogP contribution in [0.25, 0.3) is 11.4 Å². The van der Waals surface area contributed by atoms with Crippen molar-refractivity contribution in [3.05, 3.63) is 18.2 Å². The number of carboxylic acid groups (broad SMARTS) is 1. The molecule has 21 heavy (non-hydrogen) atoms. The molecule has 1 aliphatic carbocycles. The van der Waals surface area contributed by atoms with Crippen LogP contribution in [0.1, 0.15) is 18.9 Å². The number of phenolic OH excluding ortho intramolecular Hbond substituents is 2. The Morgan fingerprint density at radius 1 is 1.33 bits per heavy atom. The fourth-order valence-corrected chi connectivity index (χ4v) is 2.78. The molecule has 7 nitrogen and oxygen atoms in total. The van der Waals surface area contributed by atoms with Crippen molar-refractivity contribution in [1.82, 2.24) is 14.8 Å². The second-order valence-electron chi connectivity index (χ2n) is 4.79. The molecular weight excluding hydrogens is 294 g/mol. The van der Waals surface area contributed by atoms with Gasteiger partial charge in [0.05, 0.1) is 11.3 Å². The zero-order chi connectivity index (χ0) is 15.0. The first-order valence-electron chi connectivity index (χ1n) is 6.38. The van der Waals surface area contributed by atoms with E-state index in [1.165, 1.54) is 12.1 Å². The van der Waals surface area contributed by atoms with Gasteiger partial charge in [-0.3, -0.25) is 9.36 Å². The molecule has 3 N–H and O–H groups in total. The molecule has 110 valence electrons. The van der Waals surface area contributed by atoms with Crippen LogP contribution in [0, 0.1) is 0 Å². The van der Waals surface area contributed by atoms with Gasteiger partial charge in [0.15, 0.2) is 11.0 Å². The predicted octanol–water partition coefficient (Wildman–Crippen LogP) is 1.87. The molecule has 1 aromatic heterocycles. The lowest BCUT2D eigenvalue weighted by Crippen LogP contribution is -2.03. The van der Waals surface area contributed by atoms with Gasteiger partial charge in [0.25, 0.3) is 0 Å². The van der Waals surface area contributed by atoms with E-state index in [1.807, 2.05) is 4.57 Å². The number of thioether (sulfide) groups is 1. The van der Waals surface area contributed by atoms with E-state index in [1.54, 1.807) is 6.07 Å². The normalized spacial score (nSPS) is 14.3. The van der Waals surface area contributed by atoms with Crippen molar-refractivity contribution in [2.24, 2.45) is 0 Å². The van der Waals surface area contributed by atoms with Gasteiger partial charge in [-0.25, -0.2) is 0 Å². The summed E-state index contributed by atoms with van der Waals surface area (Å²) in [5.74, 6) is -0.637. The molecule has 3 rings (SSSR count). The van der Waals surface area contributed by atoms with E-state index in [9.17, 15) is 15.0 Å². The Hall–Kier alpha value is -2.22. The maximum absolute atomic E-state index is 10.7. The van der Waals surface area contributed by atoms with E-state index < -0.39 is 5.97 Å². The van der Waals surface area contributed by atoms with Crippen molar-refractivity contribution in [2.75, 3.05) is 5.75 Å². The van der Waals surface area contributed by atoms with Crippen LogP contribution in [0.5, 0.6) is 11.5 Å². The summed E-state index contributed by atoms with van der Waals surface area (Å²) in [5.41, 5.74) is 0.467. The van der Waals surface area contributed by atoms with Crippen LogP contribution in [0.15, 0.2) is 23.4 Å². The highest BCUT2D eigenvalue weighted by molar-refractivity contribution is 7.99. The molecule has 0 amide bonds. The van der Waals surface area contributed by atoms with Gasteiger partial charge in [-0.15, -0.1) is 10.2 Å². The van der Waals surface area contributed by atoms with Crippen LogP contribution in [0.3, 0.4) is 0 Å². The van der Waals surface area contributed by atoms with E-state index >= 15 is 0 Å². The van der Waals surface area contributed by atoms with Gasteiger partial charge in [0.1, 0.15) is 11.5 Å². The van der Waals surface area contributed by atoms with Crippen molar-refractivity contribution in [3.8, 4) is 22.9 Å². The molecule has 1 fully saturated rings. The average molecular weight is 307 g/mol. The summed E-state index contributed by atoms with van der Waals surface area (Å²) < 4.78 is 1.86. The molecule has 0 radical (unpaired) electrons. The van der Waals surface area contributed by atoms with E-state index in [-0.39, 0.29) is 23.3 Å². The summed E-state index contributed by atoms with van der Waals surface area (Å²) in [4.78, 5) is 10.7. The smallest absolute Gasteiger partial charge is 0.313 e. The fourth-order valence-electron chi connectivity index (χ4n) is 2.06. The van der Waals surface area contributed by atoms with Crippen molar-refractivity contribution in [2.45, 2.75) is 24.0 Å². The van der Waals surface area contributed by atoms with Crippen LogP contribution in [0.2, 0.25) is 0 Å². The topological polar surface area (TPSA) is 108 Å². The Morgan fingerprint density at radius 2 is 2.10 bits per heavy atom. The molecule has 1 heterocycles. The Bertz CT molecular complexity index is 697. The number of nitrogens with zero attached hydrogens (tertiary/aromatic N) is 3. The Balaban J connectivity index is 2.00. The van der Waals surface area contributed by atoms with Gasteiger partial charge in [-0.05, 0) is 25.0 Å². The van der Waals surface area contributed by atoms with Crippen LogP contribution in [0.4, 0.5) is 0 Å². The molecule has 1 aromatic carbocycles. The van der Waals surface area contributed by atoms with E-state index in [2.05, 4.69) is 10.2 Å². The summed E-state index contributed by atoms with van der Waals surface area (Å²) in [5, 5.41) is 36.7. The van der Waals surface area contributed by atoms with Crippen LogP contribution in [-0.4, -0.2) is 41.8 Å². The summed E-state index contributed by atoms with van der Waals surface area (Å²) in [7, 11) is 0. The quantitative estimate of drug-likeness (QED) is 0.723. The van der Waals surface area contributed by atoms with Crippen molar-refractivity contribution < 1.29 is 20.1 Å². The number of carboxylic acids is 1. The molecule has 1 aliphatic rings. The number of benzene rings is 1. The third kappa shape index (κ3) is 2.80. The van der Waals surface area contributed by atoms with E-state index in [0.717, 1.165) is 24.6 Å². The molecule has 0 bridgehead atoms. The van der Waals surface area contributed by atoms with Crippen LogP contribution in [-0.2, 0) is 4.79 Å². The van der Waals surface area contributed by atoms with Gasteiger partial charge in [-0.2, -0.15) is 0 Å². The summed E-state index contributed by atoms with van der Waals surface area (Å²) in [6.07, 6.45) is 1.95. The lowest BCUT2D eigenvalue weighted by atomic mass is 10.2. The fraction of sp³-hybridized carbons (Fsp3) is 0.308. The number of aromatic hydroxyl groups is 2. The van der Waals surface area contributed by atoms with Crippen molar-refractivity contribution in [3.63, 3.8) is 0 Å². The van der Waals surface area contributed by atoms with Gasteiger partial charge >= 0.3 is 5.97 Å². The minimum atomic E-state index is -0.917. The number of aliphatic carboxylic acids is 1. The van der Waals surface area contributed by atoms with Gasteiger partial charge < -0.3 is 15.3 Å². The molecular formula is C13H13N3O4S. The monoisotopic (exact) mass is 307 g/mol. The number of hydrogen-bond acceptors (Lipinski definition) is 6. The molecule has 8 heteroatoms. The first kappa shape index (κ1) is 13.7. The summed E-state index contributed by atoms with van der Waals surface area (Å²) >= 11 is 1.11. The Morgan fingerprint density at radius 3 is 2.71 bits per heavy atom. The average Bonchev–Trinajstić information content (AvgIpc) is 3.17. The van der Waals surface area contributed by atoms with Gasteiger partial charge in [0, 0.05) is 12.1 Å². The Kier molecular flexibility index (Phi) is 3.46. The molecule has 0 atom stereocenters.